The molecule has 0 radical (unpaired) electrons. The summed E-state index contributed by atoms with van der Waals surface area (Å²) in [6.07, 6.45) is 1.25. The van der Waals surface area contributed by atoms with Crippen LogP contribution in [0, 0.1) is 0 Å². The van der Waals surface area contributed by atoms with Crippen LogP contribution < -0.4 is 0 Å². The van der Waals surface area contributed by atoms with E-state index in [9.17, 15) is 19.8 Å². The smallest absolute Gasteiger partial charge is 0.193 e. The molecule has 29 heavy (non-hydrogen) atoms. The first-order chi connectivity index (χ1) is 13.3. The molecule has 2 aromatic rings. The Bertz CT molecular complexity index is 842. The number of rotatable bonds is 8. The predicted molar refractivity (Wildman–Crippen MR) is 116 cm³/mol. The zero-order valence-corrected chi connectivity index (χ0v) is 18.4. The van der Waals surface area contributed by atoms with E-state index in [1.165, 1.54) is 27.7 Å². The molecule has 0 aliphatic heterocycles. The molecule has 0 atom stereocenters. The van der Waals surface area contributed by atoms with E-state index in [2.05, 4.69) is 0 Å². The van der Waals surface area contributed by atoms with Gasteiger partial charge < -0.3 is 10.2 Å². The Morgan fingerprint density at radius 1 is 0.759 bits per heavy atom. The van der Waals surface area contributed by atoms with E-state index in [4.69, 9.17) is 11.6 Å². The summed E-state index contributed by atoms with van der Waals surface area (Å²) in [5.41, 5.74) is 1.51. The highest BCUT2D eigenvalue weighted by molar-refractivity contribution is 6.17. The Hall–Kier alpha value is -2.01. The minimum absolute atomic E-state index is 0.247. The molecular weight excluding hydrogens is 388 g/mol. The molecule has 156 valence electrons. The van der Waals surface area contributed by atoms with Crippen molar-refractivity contribution >= 4 is 23.2 Å². The number of halogens is 1. The number of Topliss-reactive ketones (excluding diaryl/α,β-unsaturated/α-hetero) is 2. The maximum absolute atomic E-state index is 12.6. The molecule has 0 aliphatic rings. The van der Waals surface area contributed by atoms with Crippen molar-refractivity contribution in [1.29, 1.82) is 0 Å². The van der Waals surface area contributed by atoms with E-state index >= 15 is 0 Å². The lowest BCUT2D eigenvalue weighted by Crippen LogP contribution is -2.31. The second kappa shape index (κ2) is 8.78. The number of carbonyl (C=O) groups is 2. The molecule has 2 rings (SSSR count). The van der Waals surface area contributed by atoms with Crippen molar-refractivity contribution in [2.45, 2.75) is 64.5 Å². The molecule has 2 N–H and O–H groups in total. The average Bonchev–Trinajstić information content (AvgIpc) is 2.64. The van der Waals surface area contributed by atoms with Gasteiger partial charge in [-0.3, -0.25) is 9.59 Å². The van der Waals surface area contributed by atoms with Crippen LogP contribution in [0.3, 0.4) is 0 Å². The van der Waals surface area contributed by atoms with Crippen LogP contribution in [0.25, 0.3) is 0 Å². The van der Waals surface area contributed by atoms with Crippen molar-refractivity contribution in [2.75, 3.05) is 0 Å². The first-order valence-electron chi connectivity index (χ1n) is 9.71. The van der Waals surface area contributed by atoms with Crippen molar-refractivity contribution in [3.8, 4) is 0 Å². The normalized spacial score (nSPS) is 12.1. The molecule has 0 saturated heterocycles. The van der Waals surface area contributed by atoms with Gasteiger partial charge in [-0.2, -0.15) is 0 Å². The predicted octanol–water partition coefficient (Wildman–Crippen LogP) is 4.49. The Kier molecular flexibility index (Phi) is 7.05. The van der Waals surface area contributed by atoms with E-state index < -0.39 is 11.2 Å². The van der Waals surface area contributed by atoms with Gasteiger partial charge in [0.25, 0.3) is 0 Å². The minimum Gasteiger partial charge on any atom is -0.382 e. The van der Waals surface area contributed by atoms with Crippen LogP contribution in [-0.2, 0) is 18.7 Å². The highest BCUT2D eigenvalue weighted by Gasteiger charge is 2.27. The van der Waals surface area contributed by atoms with Crippen LogP contribution in [0.4, 0.5) is 0 Å². The van der Waals surface area contributed by atoms with Gasteiger partial charge in [-0.05, 0) is 87.1 Å². The van der Waals surface area contributed by atoms with Crippen LogP contribution in [0.1, 0.15) is 77.6 Å². The van der Waals surface area contributed by atoms with Gasteiger partial charge in [0.15, 0.2) is 11.6 Å². The van der Waals surface area contributed by atoms with Crippen molar-refractivity contribution in [3.05, 3.63) is 69.8 Å². The topological polar surface area (TPSA) is 74.6 Å². The molecular formula is C24H29ClO4. The third-order valence-corrected chi connectivity index (χ3v) is 5.02. The third-order valence-electron chi connectivity index (χ3n) is 4.71. The molecule has 0 fully saturated rings. The van der Waals surface area contributed by atoms with Crippen molar-refractivity contribution in [3.63, 3.8) is 0 Å². The van der Waals surface area contributed by atoms with Crippen molar-refractivity contribution in [1.82, 2.24) is 0 Å². The Morgan fingerprint density at radius 3 is 1.52 bits per heavy atom. The molecule has 0 aliphatic carbocycles. The van der Waals surface area contributed by atoms with Gasteiger partial charge in [0.05, 0.1) is 0 Å². The first-order valence-corrected chi connectivity index (χ1v) is 10.2. The number of aryl methyl sites for hydroxylation is 1. The lowest BCUT2D eigenvalue weighted by molar-refractivity contribution is 0.0487. The van der Waals surface area contributed by atoms with Crippen molar-refractivity contribution in [2.24, 2.45) is 0 Å². The summed E-state index contributed by atoms with van der Waals surface area (Å²) in [6, 6.07) is 11.0. The van der Waals surface area contributed by atoms with Crippen LogP contribution in [0.5, 0.6) is 0 Å². The number of alkyl halides is 1. The fraction of sp³-hybridized carbons (Fsp3) is 0.417. The van der Waals surface area contributed by atoms with Gasteiger partial charge in [-0.15, -0.1) is 11.6 Å². The maximum Gasteiger partial charge on any atom is 0.193 e. The minimum atomic E-state index is -1.48. The monoisotopic (exact) mass is 416 g/mol. The number of aliphatic hydroxyl groups is 2. The van der Waals surface area contributed by atoms with E-state index in [1.54, 1.807) is 18.2 Å². The lowest BCUT2D eigenvalue weighted by atomic mass is 9.90. The second-order valence-electron chi connectivity index (χ2n) is 8.52. The molecule has 0 unspecified atom stereocenters. The summed E-state index contributed by atoms with van der Waals surface area (Å²) in [4.78, 5) is 25.1. The zero-order valence-electron chi connectivity index (χ0n) is 17.7. The van der Waals surface area contributed by atoms with Crippen molar-refractivity contribution < 1.29 is 19.8 Å². The van der Waals surface area contributed by atoms with Gasteiger partial charge in [-0.25, -0.2) is 0 Å². The van der Waals surface area contributed by atoms with Gasteiger partial charge in [-0.1, -0.05) is 19.1 Å². The van der Waals surface area contributed by atoms with E-state index in [0.29, 0.717) is 17.5 Å². The summed E-state index contributed by atoms with van der Waals surface area (Å²) < 4.78 is 0. The molecule has 0 heterocycles. The van der Waals surface area contributed by atoms with Gasteiger partial charge in [0, 0.05) is 17.0 Å². The number of benzene rings is 2. The van der Waals surface area contributed by atoms with E-state index in [1.807, 2.05) is 25.1 Å². The highest BCUT2D eigenvalue weighted by atomic mass is 35.5. The quantitative estimate of drug-likeness (QED) is 0.491. The average molecular weight is 417 g/mol. The summed E-state index contributed by atoms with van der Waals surface area (Å²) in [7, 11) is 0. The fourth-order valence-electron chi connectivity index (χ4n) is 3.21. The fourth-order valence-corrected chi connectivity index (χ4v) is 3.37. The third kappa shape index (κ3) is 5.99. The van der Waals surface area contributed by atoms with Crippen LogP contribution >= 0.6 is 11.6 Å². The number of hydrogen-bond donors (Lipinski definition) is 2. The molecule has 0 aromatic heterocycles. The first kappa shape index (κ1) is 23.3. The Balaban J connectivity index is 2.48. The standard InChI is InChI=1S/C24H29ClO4/c1-6-15-7-16(11-19(10-15)21(26)23(2,3)28)8-17-9-18(14-25)13-20(12-17)22(27)24(4,5)29/h7,9-13,28-29H,6,8,14H2,1-5H3. The molecule has 5 heteroatoms. The number of carbonyl (C=O) groups excluding carboxylic acids is 2. The SMILES string of the molecule is CCc1cc(Cc2cc(CCl)cc(C(=O)C(C)(C)O)c2)cc(C(=O)C(C)(C)O)c1. The molecule has 0 saturated carbocycles. The molecule has 4 nitrogen and oxygen atoms in total. The number of hydrogen-bond acceptors (Lipinski definition) is 4. The molecule has 0 bridgehead atoms. The summed E-state index contributed by atoms with van der Waals surface area (Å²) >= 11 is 6.01. The van der Waals surface area contributed by atoms with Gasteiger partial charge in [0.1, 0.15) is 11.2 Å². The Morgan fingerprint density at radius 2 is 1.14 bits per heavy atom. The van der Waals surface area contributed by atoms with Crippen LogP contribution in [0.2, 0.25) is 0 Å². The highest BCUT2D eigenvalue weighted by Crippen LogP contribution is 2.23. The summed E-state index contributed by atoms with van der Waals surface area (Å²) in [5.74, 6) is -0.454. The summed E-state index contributed by atoms with van der Waals surface area (Å²) in [5, 5.41) is 20.2. The van der Waals surface area contributed by atoms with Gasteiger partial charge >= 0.3 is 0 Å². The molecule has 0 amide bonds. The van der Waals surface area contributed by atoms with Gasteiger partial charge in [0.2, 0.25) is 0 Å². The largest absolute Gasteiger partial charge is 0.382 e. The van der Waals surface area contributed by atoms with E-state index in [-0.39, 0.29) is 17.4 Å². The van der Waals surface area contributed by atoms with Crippen LogP contribution in [-0.4, -0.2) is 33.0 Å². The lowest BCUT2D eigenvalue weighted by Gasteiger charge is -2.18. The molecule has 0 spiro atoms. The van der Waals surface area contributed by atoms with E-state index in [0.717, 1.165) is 28.7 Å². The second-order valence-corrected chi connectivity index (χ2v) is 8.78. The zero-order chi connectivity index (χ0) is 22.0. The Labute approximate surface area is 177 Å². The summed E-state index contributed by atoms with van der Waals surface area (Å²) in [6.45, 7) is 7.88. The molecule has 2 aromatic carbocycles. The maximum atomic E-state index is 12.6. The number of ketones is 2. The van der Waals surface area contributed by atoms with Crippen LogP contribution in [0.15, 0.2) is 36.4 Å².